The van der Waals surface area contributed by atoms with Crippen LogP contribution in [0.15, 0.2) is 57.8 Å². The molecule has 3 N–H and O–H groups in total. The van der Waals surface area contributed by atoms with E-state index in [1.807, 2.05) is 30.3 Å². The van der Waals surface area contributed by atoms with Crippen molar-refractivity contribution in [2.45, 2.75) is 0 Å². The number of fused-ring (bicyclic) bond motifs is 1. The van der Waals surface area contributed by atoms with Crippen molar-refractivity contribution in [1.29, 1.82) is 5.26 Å². The summed E-state index contributed by atoms with van der Waals surface area (Å²) in [7, 11) is 0. The van der Waals surface area contributed by atoms with Gasteiger partial charge < -0.3 is 10.3 Å². The third kappa shape index (κ3) is 2.74. The number of carbonyl (C=O) groups excluding carboxylic acids is 1. The lowest BCUT2D eigenvalue weighted by molar-refractivity contribution is 0.102. The number of rotatable bonds is 3. The number of nitriles is 1. The number of carbonyl (C=O) groups is 1. The van der Waals surface area contributed by atoms with Crippen LogP contribution >= 0.6 is 0 Å². The number of aromatic amines is 2. The summed E-state index contributed by atoms with van der Waals surface area (Å²) < 4.78 is 4.51. The second-order valence-electron chi connectivity index (χ2n) is 5.54. The van der Waals surface area contributed by atoms with Crippen LogP contribution in [0.2, 0.25) is 0 Å². The minimum Gasteiger partial charge on any atom is -0.351 e. The quantitative estimate of drug-likeness (QED) is 0.526. The first-order valence-corrected chi connectivity index (χ1v) is 7.63. The Morgan fingerprint density at radius 2 is 2.00 bits per heavy atom. The highest BCUT2D eigenvalue weighted by molar-refractivity contribution is 6.07. The zero-order valence-corrected chi connectivity index (χ0v) is 13.2. The van der Waals surface area contributed by atoms with Gasteiger partial charge in [-0.15, -0.1) is 0 Å². The average molecular weight is 345 g/mol. The number of amides is 1. The molecule has 4 aromatic rings. The molecule has 2 aromatic carbocycles. The second kappa shape index (κ2) is 6.07. The van der Waals surface area contributed by atoms with Crippen LogP contribution in [0.3, 0.4) is 0 Å². The maximum absolute atomic E-state index is 12.6. The van der Waals surface area contributed by atoms with E-state index in [4.69, 9.17) is 5.26 Å². The maximum Gasteiger partial charge on any atom is 0.439 e. The fourth-order valence-electron chi connectivity index (χ4n) is 2.65. The van der Waals surface area contributed by atoms with Gasteiger partial charge in [-0.05, 0) is 30.3 Å². The van der Waals surface area contributed by atoms with Gasteiger partial charge in [0.1, 0.15) is 5.69 Å². The lowest BCUT2D eigenvalue weighted by Gasteiger charge is -2.08. The highest BCUT2D eigenvalue weighted by atomic mass is 16.5. The van der Waals surface area contributed by atoms with Crippen molar-refractivity contribution in [2.75, 3.05) is 5.32 Å². The average Bonchev–Trinajstić information content (AvgIpc) is 3.28. The third-order valence-electron chi connectivity index (χ3n) is 3.87. The summed E-state index contributed by atoms with van der Waals surface area (Å²) in [6.07, 6.45) is 0. The first-order chi connectivity index (χ1) is 12.6. The summed E-state index contributed by atoms with van der Waals surface area (Å²) in [6, 6.07) is 15.9. The van der Waals surface area contributed by atoms with Crippen molar-refractivity contribution in [3.63, 3.8) is 0 Å². The fraction of sp³-hybridized carbons (Fsp3) is 0. The lowest BCUT2D eigenvalue weighted by Crippen LogP contribution is -2.13. The van der Waals surface area contributed by atoms with E-state index in [9.17, 15) is 9.59 Å². The van der Waals surface area contributed by atoms with Crippen LogP contribution in [0, 0.1) is 11.3 Å². The number of nitrogens with zero attached hydrogens (tertiary/aromatic N) is 2. The Hall–Kier alpha value is -4.12. The van der Waals surface area contributed by atoms with Crippen molar-refractivity contribution in [1.82, 2.24) is 15.1 Å². The molecule has 2 heterocycles. The molecule has 0 atom stereocenters. The zero-order chi connectivity index (χ0) is 18.1. The molecule has 8 heteroatoms. The van der Waals surface area contributed by atoms with Crippen molar-refractivity contribution in [3.05, 3.63) is 70.3 Å². The Balaban J connectivity index is 1.72. The standard InChI is InChI=1S/C18H11N5O3/c19-9-10-5-6-14(12(7-10)16-22-18(25)26-23-16)21-17(24)15-8-11-3-1-2-4-13(11)20-15/h1-8,20H,(H,21,24)(H,22,23,25). The van der Waals surface area contributed by atoms with E-state index in [-0.39, 0.29) is 11.7 Å². The highest BCUT2D eigenvalue weighted by Crippen LogP contribution is 2.27. The number of nitrogens with one attached hydrogen (secondary N) is 3. The SMILES string of the molecule is N#Cc1ccc(NC(=O)c2cc3ccccc3[nH]2)c(-c2noc(=O)[nH]2)c1. The Morgan fingerprint density at radius 1 is 1.15 bits per heavy atom. The summed E-state index contributed by atoms with van der Waals surface area (Å²) in [5.41, 5.74) is 2.35. The van der Waals surface area contributed by atoms with Crippen LogP contribution in [-0.4, -0.2) is 21.0 Å². The van der Waals surface area contributed by atoms with Crippen molar-refractivity contribution >= 4 is 22.5 Å². The largest absolute Gasteiger partial charge is 0.439 e. The predicted molar refractivity (Wildman–Crippen MR) is 93.5 cm³/mol. The van der Waals surface area contributed by atoms with Gasteiger partial charge in [-0.25, -0.2) is 4.79 Å². The number of aromatic nitrogens is 3. The van der Waals surface area contributed by atoms with E-state index >= 15 is 0 Å². The van der Waals surface area contributed by atoms with Gasteiger partial charge in [0.15, 0.2) is 5.82 Å². The van der Waals surface area contributed by atoms with Gasteiger partial charge >= 0.3 is 5.76 Å². The number of benzene rings is 2. The topological polar surface area (TPSA) is 128 Å². The smallest absolute Gasteiger partial charge is 0.351 e. The molecule has 26 heavy (non-hydrogen) atoms. The zero-order valence-electron chi connectivity index (χ0n) is 13.2. The van der Waals surface area contributed by atoms with Gasteiger partial charge in [0, 0.05) is 16.5 Å². The van der Waals surface area contributed by atoms with Gasteiger partial charge in [-0.2, -0.15) is 5.26 Å². The molecule has 0 bridgehead atoms. The molecular weight excluding hydrogens is 334 g/mol. The van der Waals surface area contributed by atoms with Gasteiger partial charge in [0.05, 0.1) is 17.3 Å². The molecule has 0 radical (unpaired) electrons. The monoisotopic (exact) mass is 345 g/mol. The number of para-hydroxylation sites is 1. The maximum atomic E-state index is 12.6. The minimum atomic E-state index is -0.727. The van der Waals surface area contributed by atoms with Gasteiger partial charge in [-0.3, -0.25) is 14.3 Å². The van der Waals surface area contributed by atoms with Crippen LogP contribution in [0.25, 0.3) is 22.3 Å². The number of anilines is 1. The summed E-state index contributed by atoms with van der Waals surface area (Å²) >= 11 is 0. The van der Waals surface area contributed by atoms with Gasteiger partial charge in [0.25, 0.3) is 5.91 Å². The third-order valence-corrected chi connectivity index (χ3v) is 3.87. The molecule has 8 nitrogen and oxygen atoms in total. The van der Waals surface area contributed by atoms with Crippen LogP contribution < -0.4 is 11.1 Å². The molecule has 1 amide bonds. The van der Waals surface area contributed by atoms with Crippen molar-refractivity contribution < 1.29 is 9.32 Å². The molecule has 0 aliphatic carbocycles. The molecule has 126 valence electrons. The van der Waals surface area contributed by atoms with Crippen LogP contribution in [0.5, 0.6) is 0 Å². The van der Waals surface area contributed by atoms with E-state index < -0.39 is 5.76 Å². The Kier molecular flexibility index (Phi) is 3.60. The summed E-state index contributed by atoms with van der Waals surface area (Å²) in [5.74, 6) is -0.965. The fourth-order valence-corrected chi connectivity index (χ4v) is 2.65. The van der Waals surface area contributed by atoms with E-state index in [1.54, 1.807) is 18.2 Å². The van der Waals surface area contributed by atoms with E-state index in [0.29, 0.717) is 22.5 Å². The minimum absolute atomic E-state index is 0.124. The van der Waals surface area contributed by atoms with E-state index in [0.717, 1.165) is 10.9 Å². The normalized spacial score (nSPS) is 10.6. The molecule has 4 rings (SSSR count). The highest BCUT2D eigenvalue weighted by Gasteiger charge is 2.16. The molecule has 0 spiro atoms. The van der Waals surface area contributed by atoms with Crippen molar-refractivity contribution in [3.8, 4) is 17.5 Å². The lowest BCUT2D eigenvalue weighted by atomic mass is 10.1. The molecule has 0 saturated carbocycles. The van der Waals surface area contributed by atoms with Gasteiger partial charge in [-0.1, -0.05) is 23.4 Å². The van der Waals surface area contributed by atoms with E-state index in [1.165, 1.54) is 6.07 Å². The number of hydrogen-bond acceptors (Lipinski definition) is 5. The Labute approximate surface area is 146 Å². The summed E-state index contributed by atoms with van der Waals surface area (Å²) in [5, 5.41) is 16.4. The summed E-state index contributed by atoms with van der Waals surface area (Å²) in [6.45, 7) is 0. The van der Waals surface area contributed by atoms with Crippen LogP contribution in [-0.2, 0) is 0 Å². The van der Waals surface area contributed by atoms with Crippen molar-refractivity contribution in [2.24, 2.45) is 0 Å². The molecule has 0 fully saturated rings. The molecular formula is C18H11N5O3. The Morgan fingerprint density at radius 3 is 2.73 bits per heavy atom. The van der Waals surface area contributed by atoms with Gasteiger partial charge in [0.2, 0.25) is 0 Å². The molecule has 0 unspecified atom stereocenters. The van der Waals surface area contributed by atoms with Crippen LogP contribution in [0.1, 0.15) is 16.1 Å². The summed E-state index contributed by atoms with van der Waals surface area (Å²) in [4.78, 5) is 29.3. The first kappa shape index (κ1) is 15.4. The van der Waals surface area contributed by atoms with Crippen LogP contribution in [0.4, 0.5) is 5.69 Å². The predicted octanol–water partition coefficient (Wildman–Crippen LogP) is 2.64. The molecule has 0 aliphatic rings. The number of hydrogen-bond donors (Lipinski definition) is 3. The van der Waals surface area contributed by atoms with E-state index in [2.05, 4.69) is 25.0 Å². The molecule has 0 saturated heterocycles. The second-order valence-corrected chi connectivity index (χ2v) is 5.54. The molecule has 0 aliphatic heterocycles. The Bertz CT molecular complexity index is 1190. The first-order valence-electron chi connectivity index (χ1n) is 7.63. The number of H-pyrrole nitrogens is 2. The molecule has 2 aromatic heterocycles.